The second-order valence-electron chi connectivity index (χ2n) is 3.92. The Hall–Kier alpha value is -1.42. The summed E-state index contributed by atoms with van der Waals surface area (Å²) in [5.41, 5.74) is 7.85. The summed E-state index contributed by atoms with van der Waals surface area (Å²) in [5, 5.41) is 2.82. The molecule has 1 amide bonds. The summed E-state index contributed by atoms with van der Waals surface area (Å²) in [5.74, 6) is -0.0925. The van der Waals surface area contributed by atoms with Gasteiger partial charge in [0.2, 0.25) is 5.91 Å². The number of amides is 1. The van der Waals surface area contributed by atoms with E-state index in [1.807, 2.05) is 19.9 Å². The summed E-state index contributed by atoms with van der Waals surface area (Å²) in [7, 11) is 0. The third-order valence-electron chi connectivity index (χ3n) is 2.54. The predicted molar refractivity (Wildman–Crippen MR) is 63.7 cm³/mol. The van der Waals surface area contributed by atoms with Crippen molar-refractivity contribution in [2.45, 2.75) is 39.3 Å². The minimum absolute atomic E-state index is 0.0925. The Balaban J connectivity index is 2.46. The monoisotopic (exact) mass is 221 g/mol. The van der Waals surface area contributed by atoms with Crippen LogP contribution in [-0.2, 0) is 11.3 Å². The van der Waals surface area contributed by atoms with Gasteiger partial charge in [-0.2, -0.15) is 0 Å². The van der Waals surface area contributed by atoms with Gasteiger partial charge in [-0.15, -0.1) is 0 Å². The van der Waals surface area contributed by atoms with Gasteiger partial charge in [-0.3, -0.25) is 9.78 Å². The van der Waals surface area contributed by atoms with Gasteiger partial charge < -0.3 is 11.1 Å². The van der Waals surface area contributed by atoms with Crippen molar-refractivity contribution >= 4 is 5.91 Å². The Morgan fingerprint density at radius 3 is 3.00 bits per heavy atom. The average molecular weight is 221 g/mol. The maximum absolute atomic E-state index is 11.6. The number of nitrogens with zero attached hydrogens (tertiary/aromatic N) is 1. The Morgan fingerprint density at radius 2 is 2.38 bits per heavy atom. The molecule has 1 atom stereocenters. The van der Waals surface area contributed by atoms with Gasteiger partial charge in [-0.1, -0.05) is 13.3 Å². The van der Waals surface area contributed by atoms with Crippen LogP contribution in [0, 0.1) is 6.92 Å². The van der Waals surface area contributed by atoms with Crippen LogP contribution in [0.5, 0.6) is 0 Å². The standard InChI is InChI=1S/C12H19N3O/c1-3-4-11(13)12(16)15-8-10-7-14-6-5-9(10)2/h5-7,11H,3-4,8,13H2,1-2H3,(H,15,16)/t11-/m0/s1. The fourth-order valence-electron chi connectivity index (χ4n) is 1.44. The molecule has 0 unspecified atom stereocenters. The van der Waals surface area contributed by atoms with Gasteiger partial charge in [-0.25, -0.2) is 0 Å². The summed E-state index contributed by atoms with van der Waals surface area (Å²) in [6.45, 7) is 4.50. The van der Waals surface area contributed by atoms with E-state index in [2.05, 4.69) is 10.3 Å². The first-order valence-corrected chi connectivity index (χ1v) is 5.58. The van der Waals surface area contributed by atoms with E-state index in [9.17, 15) is 4.79 Å². The maximum atomic E-state index is 11.6. The van der Waals surface area contributed by atoms with Gasteiger partial charge in [0.1, 0.15) is 0 Å². The molecule has 0 radical (unpaired) electrons. The summed E-state index contributed by atoms with van der Waals surface area (Å²) in [6, 6.07) is 1.52. The largest absolute Gasteiger partial charge is 0.351 e. The SMILES string of the molecule is CCC[C@H](N)C(=O)NCc1cnccc1C. The van der Waals surface area contributed by atoms with Crippen LogP contribution in [0.4, 0.5) is 0 Å². The third-order valence-corrected chi connectivity index (χ3v) is 2.54. The van der Waals surface area contributed by atoms with Gasteiger partial charge in [0.05, 0.1) is 6.04 Å². The van der Waals surface area contributed by atoms with Gasteiger partial charge in [-0.05, 0) is 30.5 Å². The highest BCUT2D eigenvalue weighted by atomic mass is 16.2. The van der Waals surface area contributed by atoms with Gasteiger partial charge >= 0.3 is 0 Å². The highest BCUT2D eigenvalue weighted by molar-refractivity contribution is 5.81. The van der Waals surface area contributed by atoms with E-state index in [1.165, 1.54) is 0 Å². The minimum atomic E-state index is -0.401. The van der Waals surface area contributed by atoms with E-state index in [0.29, 0.717) is 6.54 Å². The molecule has 0 spiro atoms. The fraction of sp³-hybridized carbons (Fsp3) is 0.500. The Bertz CT molecular complexity index is 352. The predicted octanol–water partition coefficient (Wildman–Crippen LogP) is 1.13. The number of rotatable bonds is 5. The highest BCUT2D eigenvalue weighted by Crippen LogP contribution is 2.04. The molecule has 3 N–H and O–H groups in total. The first-order valence-electron chi connectivity index (χ1n) is 5.58. The molecule has 4 heteroatoms. The van der Waals surface area contributed by atoms with E-state index in [0.717, 1.165) is 24.0 Å². The zero-order valence-electron chi connectivity index (χ0n) is 9.86. The van der Waals surface area contributed by atoms with Crippen molar-refractivity contribution in [3.8, 4) is 0 Å². The van der Waals surface area contributed by atoms with Crippen LogP contribution in [0.2, 0.25) is 0 Å². The highest BCUT2D eigenvalue weighted by Gasteiger charge is 2.11. The molecule has 0 saturated carbocycles. The molecule has 4 nitrogen and oxygen atoms in total. The van der Waals surface area contributed by atoms with Gasteiger partial charge in [0, 0.05) is 18.9 Å². The zero-order valence-corrected chi connectivity index (χ0v) is 9.86. The second-order valence-corrected chi connectivity index (χ2v) is 3.92. The molecule has 88 valence electrons. The molecule has 0 fully saturated rings. The van der Waals surface area contributed by atoms with Crippen LogP contribution < -0.4 is 11.1 Å². The molecule has 0 saturated heterocycles. The Labute approximate surface area is 96.3 Å². The van der Waals surface area contributed by atoms with E-state index < -0.39 is 6.04 Å². The molecular weight excluding hydrogens is 202 g/mol. The lowest BCUT2D eigenvalue weighted by atomic mass is 10.1. The topological polar surface area (TPSA) is 68.0 Å². The molecule has 1 heterocycles. The van der Waals surface area contributed by atoms with Crippen LogP contribution in [0.3, 0.4) is 0 Å². The van der Waals surface area contributed by atoms with Gasteiger partial charge in [0.15, 0.2) is 0 Å². The summed E-state index contributed by atoms with van der Waals surface area (Å²) in [6.07, 6.45) is 5.14. The number of carbonyl (C=O) groups is 1. The molecule has 1 aromatic heterocycles. The fourth-order valence-corrected chi connectivity index (χ4v) is 1.44. The number of nitrogens with two attached hydrogens (primary N) is 1. The van der Waals surface area contributed by atoms with E-state index in [1.54, 1.807) is 12.4 Å². The van der Waals surface area contributed by atoms with Crippen molar-refractivity contribution in [3.63, 3.8) is 0 Å². The molecule has 0 aliphatic rings. The molecule has 0 bridgehead atoms. The smallest absolute Gasteiger partial charge is 0.237 e. The second kappa shape index (κ2) is 6.23. The molecule has 1 rings (SSSR count). The maximum Gasteiger partial charge on any atom is 0.237 e. The molecule has 0 aliphatic carbocycles. The Kier molecular flexibility index (Phi) is 4.92. The molecular formula is C12H19N3O. The van der Waals surface area contributed by atoms with Crippen LogP contribution in [0.15, 0.2) is 18.5 Å². The van der Waals surface area contributed by atoms with Crippen LogP contribution >= 0.6 is 0 Å². The zero-order chi connectivity index (χ0) is 12.0. The lowest BCUT2D eigenvalue weighted by Crippen LogP contribution is -2.40. The van der Waals surface area contributed by atoms with Crippen molar-refractivity contribution in [1.29, 1.82) is 0 Å². The lowest BCUT2D eigenvalue weighted by molar-refractivity contribution is -0.122. The van der Waals surface area contributed by atoms with Crippen molar-refractivity contribution in [2.24, 2.45) is 5.73 Å². The van der Waals surface area contributed by atoms with Crippen molar-refractivity contribution in [3.05, 3.63) is 29.6 Å². The van der Waals surface area contributed by atoms with Crippen molar-refractivity contribution < 1.29 is 4.79 Å². The van der Waals surface area contributed by atoms with Crippen molar-refractivity contribution in [2.75, 3.05) is 0 Å². The number of aryl methyl sites for hydroxylation is 1. The number of hydrogen-bond donors (Lipinski definition) is 2. The first-order chi connectivity index (χ1) is 7.65. The summed E-state index contributed by atoms with van der Waals surface area (Å²) < 4.78 is 0. The quantitative estimate of drug-likeness (QED) is 0.783. The molecule has 16 heavy (non-hydrogen) atoms. The van der Waals surface area contributed by atoms with Crippen LogP contribution in [0.25, 0.3) is 0 Å². The number of aromatic nitrogens is 1. The Morgan fingerprint density at radius 1 is 1.62 bits per heavy atom. The molecule has 1 aromatic rings. The number of carbonyl (C=O) groups excluding carboxylic acids is 1. The van der Waals surface area contributed by atoms with E-state index in [-0.39, 0.29) is 5.91 Å². The van der Waals surface area contributed by atoms with Crippen molar-refractivity contribution in [1.82, 2.24) is 10.3 Å². The van der Waals surface area contributed by atoms with Gasteiger partial charge in [0.25, 0.3) is 0 Å². The summed E-state index contributed by atoms with van der Waals surface area (Å²) >= 11 is 0. The number of nitrogens with one attached hydrogen (secondary N) is 1. The summed E-state index contributed by atoms with van der Waals surface area (Å²) in [4.78, 5) is 15.6. The van der Waals surface area contributed by atoms with Crippen LogP contribution in [0.1, 0.15) is 30.9 Å². The minimum Gasteiger partial charge on any atom is -0.351 e. The number of hydrogen-bond acceptors (Lipinski definition) is 3. The molecule has 0 aliphatic heterocycles. The number of pyridine rings is 1. The van der Waals surface area contributed by atoms with Crippen LogP contribution in [-0.4, -0.2) is 16.9 Å². The van der Waals surface area contributed by atoms with E-state index in [4.69, 9.17) is 5.73 Å². The molecule has 0 aromatic carbocycles. The first kappa shape index (κ1) is 12.6. The normalized spacial score (nSPS) is 12.2. The third kappa shape index (κ3) is 3.62. The average Bonchev–Trinajstić information content (AvgIpc) is 2.28. The van der Waals surface area contributed by atoms with E-state index >= 15 is 0 Å². The lowest BCUT2D eigenvalue weighted by Gasteiger charge is -2.11.